The summed E-state index contributed by atoms with van der Waals surface area (Å²) >= 11 is 0. The Kier molecular flexibility index (Phi) is 5.45. The first-order chi connectivity index (χ1) is 6.83. The molecule has 0 bridgehead atoms. The van der Waals surface area contributed by atoms with Gasteiger partial charge in [0.05, 0.1) is 6.61 Å². The third-order valence-electron chi connectivity index (χ3n) is 3.31. The van der Waals surface area contributed by atoms with E-state index in [1.54, 1.807) is 0 Å². The zero-order valence-corrected chi connectivity index (χ0v) is 9.10. The average molecular weight is 200 g/mol. The van der Waals surface area contributed by atoms with Crippen molar-refractivity contribution in [3.8, 4) is 0 Å². The van der Waals surface area contributed by atoms with Crippen LogP contribution < -0.4 is 11.1 Å². The summed E-state index contributed by atoms with van der Waals surface area (Å²) in [5.74, 6) is 0. The Labute approximate surface area is 87.1 Å². The molecule has 1 rings (SSSR count). The van der Waals surface area contributed by atoms with Crippen molar-refractivity contribution in [3.63, 3.8) is 0 Å². The van der Waals surface area contributed by atoms with Crippen molar-refractivity contribution in [1.29, 1.82) is 0 Å². The van der Waals surface area contributed by atoms with Crippen LogP contribution in [0.1, 0.15) is 44.9 Å². The van der Waals surface area contributed by atoms with Crippen molar-refractivity contribution in [3.05, 3.63) is 0 Å². The van der Waals surface area contributed by atoms with E-state index in [2.05, 4.69) is 5.32 Å². The number of nitrogens with one attached hydrogen (secondary N) is 1. The van der Waals surface area contributed by atoms with Crippen LogP contribution in [0.5, 0.6) is 0 Å². The maximum absolute atomic E-state index is 8.83. The van der Waals surface area contributed by atoms with Crippen LogP contribution in [0.3, 0.4) is 0 Å². The average Bonchev–Trinajstić information content (AvgIpc) is 2.18. The molecule has 0 heterocycles. The fourth-order valence-electron chi connectivity index (χ4n) is 2.36. The van der Waals surface area contributed by atoms with E-state index in [4.69, 9.17) is 10.8 Å². The van der Waals surface area contributed by atoms with Gasteiger partial charge in [-0.3, -0.25) is 0 Å². The molecule has 0 atom stereocenters. The van der Waals surface area contributed by atoms with Gasteiger partial charge in [-0.2, -0.15) is 0 Å². The highest BCUT2D eigenvalue weighted by Gasteiger charge is 2.27. The first-order valence-corrected chi connectivity index (χ1v) is 5.89. The molecular formula is C11H24N2O. The SMILES string of the molecule is NCC1(NCCO)CCCCCCC1. The monoisotopic (exact) mass is 200 g/mol. The number of hydrogen-bond acceptors (Lipinski definition) is 3. The van der Waals surface area contributed by atoms with Crippen LogP contribution in [0.2, 0.25) is 0 Å². The van der Waals surface area contributed by atoms with Crippen LogP contribution in [-0.2, 0) is 0 Å². The second-order valence-corrected chi connectivity index (χ2v) is 4.40. The molecule has 1 saturated carbocycles. The predicted octanol–water partition coefficient (Wildman–Crippen LogP) is 1.01. The Morgan fingerprint density at radius 2 is 1.64 bits per heavy atom. The van der Waals surface area contributed by atoms with Gasteiger partial charge in [-0.1, -0.05) is 32.1 Å². The quantitative estimate of drug-likeness (QED) is 0.635. The van der Waals surface area contributed by atoms with E-state index in [1.807, 2.05) is 0 Å². The third-order valence-corrected chi connectivity index (χ3v) is 3.31. The minimum Gasteiger partial charge on any atom is -0.395 e. The van der Waals surface area contributed by atoms with Gasteiger partial charge in [0, 0.05) is 18.6 Å². The van der Waals surface area contributed by atoms with E-state index in [0.717, 1.165) is 0 Å². The molecule has 0 spiro atoms. The Bertz CT molecular complexity index is 137. The molecule has 0 amide bonds. The minimum atomic E-state index is 0.114. The smallest absolute Gasteiger partial charge is 0.0556 e. The van der Waals surface area contributed by atoms with Crippen molar-refractivity contribution in [2.75, 3.05) is 19.7 Å². The second-order valence-electron chi connectivity index (χ2n) is 4.40. The van der Waals surface area contributed by atoms with E-state index in [1.165, 1.54) is 44.9 Å². The number of hydrogen-bond donors (Lipinski definition) is 3. The maximum Gasteiger partial charge on any atom is 0.0556 e. The van der Waals surface area contributed by atoms with Crippen molar-refractivity contribution < 1.29 is 5.11 Å². The van der Waals surface area contributed by atoms with Gasteiger partial charge < -0.3 is 16.2 Å². The molecule has 3 heteroatoms. The molecule has 0 aromatic carbocycles. The van der Waals surface area contributed by atoms with Crippen LogP contribution in [0.4, 0.5) is 0 Å². The van der Waals surface area contributed by atoms with Crippen LogP contribution in [0, 0.1) is 0 Å². The van der Waals surface area contributed by atoms with Crippen LogP contribution in [0.25, 0.3) is 0 Å². The summed E-state index contributed by atoms with van der Waals surface area (Å²) in [6.45, 7) is 1.59. The van der Waals surface area contributed by atoms with Crippen molar-refractivity contribution in [1.82, 2.24) is 5.32 Å². The molecule has 1 fully saturated rings. The normalized spacial score (nSPS) is 22.7. The third kappa shape index (κ3) is 3.56. The van der Waals surface area contributed by atoms with Gasteiger partial charge in [-0.25, -0.2) is 0 Å². The molecule has 1 aliphatic carbocycles. The summed E-state index contributed by atoms with van der Waals surface area (Å²) in [6, 6.07) is 0. The van der Waals surface area contributed by atoms with Gasteiger partial charge in [0.2, 0.25) is 0 Å². The summed E-state index contributed by atoms with van der Waals surface area (Å²) < 4.78 is 0. The molecule has 4 N–H and O–H groups in total. The number of aliphatic hydroxyl groups excluding tert-OH is 1. The van der Waals surface area contributed by atoms with Gasteiger partial charge in [-0.05, 0) is 12.8 Å². The molecule has 1 aliphatic rings. The van der Waals surface area contributed by atoms with Crippen LogP contribution >= 0.6 is 0 Å². The molecule has 84 valence electrons. The largest absolute Gasteiger partial charge is 0.395 e. The molecular weight excluding hydrogens is 176 g/mol. The summed E-state index contributed by atoms with van der Waals surface area (Å²) in [4.78, 5) is 0. The number of aliphatic hydroxyl groups is 1. The van der Waals surface area contributed by atoms with E-state index >= 15 is 0 Å². The van der Waals surface area contributed by atoms with Gasteiger partial charge in [0.1, 0.15) is 0 Å². The van der Waals surface area contributed by atoms with E-state index < -0.39 is 0 Å². The lowest BCUT2D eigenvalue weighted by Crippen LogP contribution is -2.52. The summed E-state index contributed by atoms with van der Waals surface area (Å²) in [5.41, 5.74) is 5.97. The van der Waals surface area contributed by atoms with Gasteiger partial charge >= 0.3 is 0 Å². The maximum atomic E-state index is 8.83. The number of nitrogens with two attached hydrogens (primary N) is 1. The molecule has 0 aromatic rings. The molecule has 0 aromatic heterocycles. The molecule has 0 saturated heterocycles. The van der Waals surface area contributed by atoms with Gasteiger partial charge in [0.25, 0.3) is 0 Å². The Morgan fingerprint density at radius 1 is 1.07 bits per heavy atom. The Hall–Kier alpha value is -0.120. The van der Waals surface area contributed by atoms with Crippen molar-refractivity contribution in [2.45, 2.75) is 50.5 Å². The van der Waals surface area contributed by atoms with Crippen LogP contribution in [0.15, 0.2) is 0 Å². The zero-order chi connectivity index (χ0) is 10.3. The Balaban J connectivity index is 2.44. The topological polar surface area (TPSA) is 58.3 Å². The lowest BCUT2D eigenvalue weighted by atomic mass is 9.84. The van der Waals surface area contributed by atoms with Crippen LogP contribution in [-0.4, -0.2) is 30.3 Å². The molecule has 3 nitrogen and oxygen atoms in total. The van der Waals surface area contributed by atoms with E-state index in [-0.39, 0.29) is 12.1 Å². The van der Waals surface area contributed by atoms with Crippen molar-refractivity contribution >= 4 is 0 Å². The number of rotatable bonds is 4. The lowest BCUT2D eigenvalue weighted by Gasteiger charge is -2.35. The zero-order valence-electron chi connectivity index (χ0n) is 9.10. The van der Waals surface area contributed by atoms with E-state index in [9.17, 15) is 0 Å². The summed E-state index contributed by atoms with van der Waals surface area (Å²) in [5, 5.41) is 12.3. The predicted molar refractivity (Wildman–Crippen MR) is 59.2 cm³/mol. The second kappa shape index (κ2) is 6.38. The van der Waals surface area contributed by atoms with Crippen molar-refractivity contribution in [2.24, 2.45) is 5.73 Å². The highest BCUT2D eigenvalue weighted by atomic mass is 16.3. The minimum absolute atomic E-state index is 0.114. The summed E-state index contributed by atoms with van der Waals surface area (Å²) in [7, 11) is 0. The fraction of sp³-hybridized carbons (Fsp3) is 1.00. The van der Waals surface area contributed by atoms with Gasteiger partial charge in [-0.15, -0.1) is 0 Å². The fourth-order valence-corrected chi connectivity index (χ4v) is 2.36. The highest BCUT2D eigenvalue weighted by Crippen LogP contribution is 2.25. The van der Waals surface area contributed by atoms with Gasteiger partial charge in [0.15, 0.2) is 0 Å². The first-order valence-electron chi connectivity index (χ1n) is 5.89. The molecule has 0 unspecified atom stereocenters. The lowest BCUT2D eigenvalue weighted by molar-refractivity contribution is 0.220. The highest BCUT2D eigenvalue weighted by molar-refractivity contribution is 4.89. The molecule has 14 heavy (non-hydrogen) atoms. The Morgan fingerprint density at radius 3 is 2.14 bits per heavy atom. The first kappa shape index (κ1) is 12.0. The van der Waals surface area contributed by atoms with E-state index in [0.29, 0.717) is 13.1 Å². The number of β-amino-alcohol motifs (C(OH)–C–C–N with tert-alkyl or cyclic N) is 1. The molecule has 0 radical (unpaired) electrons. The molecule has 0 aliphatic heterocycles. The standard InChI is InChI=1S/C11H24N2O/c12-10-11(13-8-9-14)6-4-2-1-3-5-7-11/h13-14H,1-10,12H2. The summed E-state index contributed by atoms with van der Waals surface area (Å²) in [6.07, 6.45) is 8.93.